The number of hydrogen-bond donors (Lipinski definition) is 0. The van der Waals surface area contributed by atoms with Crippen LogP contribution in [0.1, 0.15) is 86.5 Å². The highest BCUT2D eigenvalue weighted by Gasteiger charge is 2.25. The minimum absolute atomic E-state index is 0.185. The molecule has 0 bridgehead atoms. The van der Waals surface area contributed by atoms with E-state index >= 15 is 0 Å². The summed E-state index contributed by atoms with van der Waals surface area (Å²) < 4.78 is 23.3. The van der Waals surface area contributed by atoms with Gasteiger partial charge in [-0.1, -0.05) is 102 Å². The predicted molar refractivity (Wildman–Crippen MR) is 161 cm³/mol. The Morgan fingerprint density at radius 1 is 0.650 bits per heavy atom. The summed E-state index contributed by atoms with van der Waals surface area (Å²) in [4.78, 5) is 25.2. The van der Waals surface area contributed by atoms with Crippen molar-refractivity contribution in [3.63, 3.8) is 0 Å². The van der Waals surface area contributed by atoms with E-state index in [2.05, 4.69) is 20.8 Å². The van der Waals surface area contributed by atoms with Crippen LogP contribution < -0.4 is 9.47 Å². The first-order valence-corrected chi connectivity index (χ1v) is 14.7. The molecule has 0 aliphatic heterocycles. The molecule has 0 spiro atoms. The van der Waals surface area contributed by atoms with Gasteiger partial charge in [0, 0.05) is 21.5 Å². The highest BCUT2D eigenvalue weighted by molar-refractivity contribution is 6.11. The summed E-state index contributed by atoms with van der Waals surface area (Å²) in [5.74, 6) is 0.375. The molecule has 0 aliphatic rings. The third-order valence-corrected chi connectivity index (χ3v) is 8.08. The number of carbonyl (C=O) groups is 2. The van der Waals surface area contributed by atoms with Gasteiger partial charge in [-0.3, -0.25) is 0 Å². The molecule has 3 aromatic rings. The molecule has 3 aromatic carbocycles. The van der Waals surface area contributed by atoms with Gasteiger partial charge >= 0.3 is 11.9 Å². The lowest BCUT2D eigenvalue weighted by Gasteiger charge is -2.27. The van der Waals surface area contributed by atoms with Crippen molar-refractivity contribution >= 4 is 33.5 Å². The Labute approximate surface area is 239 Å². The topological polar surface area (TPSA) is 71.1 Å². The van der Waals surface area contributed by atoms with Gasteiger partial charge in [0.05, 0.1) is 6.61 Å². The lowest BCUT2D eigenvalue weighted by atomic mass is 9.84. The molecule has 0 aromatic heterocycles. The van der Waals surface area contributed by atoms with Gasteiger partial charge in [0.1, 0.15) is 17.1 Å². The van der Waals surface area contributed by atoms with Crippen LogP contribution in [0.3, 0.4) is 0 Å². The molecule has 3 rings (SSSR count). The van der Waals surface area contributed by atoms with Crippen molar-refractivity contribution in [2.24, 2.45) is 5.41 Å². The van der Waals surface area contributed by atoms with E-state index in [1.807, 2.05) is 69.3 Å². The minimum atomic E-state index is -0.511. The zero-order valence-electron chi connectivity index (χ0n) is 25.1. The number of hydrogen-bond acceptors (Lipinski definition) is 6. The quantitative estimate of drug-likeness (QED) is 0.101. The first-order chi connectivity index (χ1) is 19.1. The second kappa shape index (κ2) is 14.4. The fourth-order valence-electron chi connectivity index (χ4n) is 4.61. The summed E-state index contributed by atoms with van der Waals surface area (Å²) in [7, 11) is 0. The first kappa shape index (κ1) is 31.3. The molecule has 0 aliphatic carbocycles. The summed E-state index contributed by atoms with van der Waals surface area (Å²) in [6, 6.07) is 15.3. The van der Waals surface area contributed by atoms with Gasteiger partial charge in [0.25, 0.3) is 0 Å². The van der Waals surface area contributed by atoms with Gasteiger partial charge < -0.3 is 18.9 Å². The van der Waals surface area contributed by atoms with Crippen LogP contribution in [0.25, 0.3) is 21.5 Å². The van der Waals surface area contributed by atoms with Crippen LogP contribution in [0.15, 0.2) is 48.5 Å². The second-order valence-electron chi connectivity index (χ2n) is 11.5. The molecule has 0 radical (unpaired) electrons. The van der Waals surface area contributed by atoms with Crippen molar-refractivity contribution in [1.29, 1.82) is 0 Å². The number of benzene rings is 3. The Morgan fingerprint density at radius 3 is 1.57 bits per heavy atom. The fourth-order valence-corrected chi connectivity index (χ4v) is 4.61. The molecule has 40 heavy (non-hydrogen) atoms. The van der Waals surface area contributed by atoms with Crippen LogP contribution >= 0.6 is 0 Å². The molecule has 0 saturated heterocycles. The molecular weight excluding hydrogens is 504 g/mol. The maximum atomic E-state index is 12.6. The standard InChI is InChI=1S/C34H46O6/c1-7-33(4,5)21-15-10-16-22-37-29(35)23-38-31-25-17-11-13-19-27(25)32(28-20-14-12-18-26(28)31)39-24-30(36)40-34(6,8-2)9-3/h11-14,17-20H,7-10,15-16,21-24H2,1-6H3. The molecule has 0 atom stereocenters. The summed E-state index contributed by atoms with van der Waals surface area (Å²) in [5, 5.41) is 3.17. The number of fused-ring (bicyclic) bond motifs is 2. The van der Waals surface area contributed by atoms with Crippen molar-refractivity contribution < 1.29 is 28.5 Å². The van der Waals surface area contributed by atoms with Crippen molar-refractivity contribution in [2.45, 2.75) is 92.1 Å². The Morgan fingerprint density at radius 2 is 1.12 bits per heavy atom. The summed E-state index contributed by atoms with van der Waals surface area (Å²) in [5.41, 5.74) is -0.145. The van der Waals surface area contributed by atoms with E-state index in [1.54, 1.807) is 0 Å². The van der Waals surface area contributed by atoms with Crippen molar-refractivity contribution in [1.82, 2.24) is 0 Å². The fraction of sp³-hybridized carbons (Fsp3) is 0.529. The van der Waals surface area contributed by atoms with E-state index in [-0.39, 0.29) is 19.2 Å². The SMILES string of the molecule is CCC(C)(C)CCCCCOC(=O)COc1c2ccccc2c(OCC(=O)OC(C)(CC)CC)c2ccccc12. The van der Waals surface area contributed by atoms with Gasteiger partial charge in [0.2, 0.25) is 0 Å². The molecule has 218 valence electrons. The van der Waals surface area contributed by atoms with Crippen LogP contribution in [-0.2, 0) is 19.1 Å². The van der Waals surface area contributed by atoms with Crippen LogP contribution in [0.2, 0.25) is 0 Å². The molecular formula is C34H46O6. The van der Waals surface area contributed by atoms with Crippen molar-refractivity contribution in [3.8, 4) is 11.5 Å². The molecule has 0 saturated carbocycles. The monoisotopic (exact) mass is 550 g/mol. The lowest BCUT2D eigenvalue weighted by molar-refractivity contribution is -0.161. The maximum Gasteiger partial charge on any atom is 0.344 e. The van der Waals surface area contributed by atoms with Crippen molar-refractivity contribution in [3.05, 3.63) is 48.5 Å². The molecule has 0 amide bonds. The predicted octanol–water partition coefficient (Wildman–Crippen LogP) is 8.41. The zero-order chi connectivity index (χ0) is 29.2. The number of rotatable bonds is 16. The molecule has 0 unspecified atom stereocenters. The van der Waals surface area contributed by atoms with Gasteiger partial charge in [-0.15, -0.1) is 0 Å². The summed E-state index contributed by atoms with van der Waals surface area (Å²) >= 11 is 0. The van der Waals surface area contributed by atoms with Gasteiger partial charge in [-0.25, -0.2) is 9.59 Å². The molecule has 6 nitrogen and oxygen atoms in total. The summed E-state index contributed by atoms with van der Waals surface area (Å²) in [6.45, 7) is 12.8. The lowest BCUT2D eigenvalue weighted by Crippen LogP contribution is -2.32. The van der Waals surface area contributed by atoms with Crippen LogP contribution in [0.4, 0.5) is 0 Å². The number of unbranched alkanes of at least 4 members (excludes halogenated alkanes) is 2. The maximum absolute atomic E-state index is 12.6. The largest absolute Gasteiger partial charge is 0.481 e. The number of esters is 2. The minimum Gasteiger partial charge on any atom is -0.481 e. The normalized spacial score (nSPS) is 11.9. The highest BCUT2D eigenvalue weighted by atomic mass is 16.6. The molecule has 0 N–H and O–H groups in total. The Hall–Kier alpha value is -3.28. The van der Waals surface area contributed by atoms with Gasteiger partial charge in [0.15, 0.2) is 13.2 Å². The van der Waals surface area contributed by atoms with Crippen LogP contribution in [0, 0.1) is 5.41 Å². The number of carbonyl (C=O) groups excluding carboxylic acids is 2. The van der Waals surface area contributed by atoms with Gasteiger partial charge in [-0.05, 0) is 38.0 Å². The second-order valence-corrected chi connectivity index (χ2v) is 11.5. The average Bonchev–Trinajstić information content (AvgIpc) is 2.96. The first-order valence-electron chi connectivity index (χ1n) is 14.7. The van der Waals surface area contributed by atoms with Crippen LogP contribution in [0.5, 0.6) is 11.5 Å². The van der Waals surface area contributed by atoms with E-state index in [0.717, 1.165) is 53.6 Å². The van der Waals surface area contributed by atoms with E-state index < -0.39 is 11.6 Å². The van der Waals surface area contributed by atoms with Crippen molar-refractivity contribution in [2.75, 3.05) is 19.8 Å². The third-order valence-electron chi connectivity index (χ3n) is 8.08. The van der Waals surface area contributed by atoms with Crippen LogP contribution in [-0.4, -0.2) is 37.4 Å². The van der Waals surface area contributed by atoms with E-state index in [9.17, 15) is 9.59 Å². The smallest absolute Gasteiger partial charge is 0.344 e. The Balaban J connectivity index is 1.70. The number of ether oxygens (including phenoxy) is 4. The van der Waals surface area contributed by atoms with Gasteiger partial charge in [-0.2, -0.15) is 0 Å². The Bertz CT molecular complexity index is 1220. The Kier molecular flexibility index (Phi) is 11.2. The van der Waals surface area contributed by atoms with E-state index in [0.29, 0.717) is 23.5 Å². The van der Waals surface area contributed by atoms with E-state index in [4.69, 9.17) is 18.9 Å². The molecule has 0 fully saturated rings. The molecule has 6 heteroatoms. The van der Waals surface area contributed by atoms with E-state index in [1.165, 1.54) is 12.8 Å². The highest BCUT2D eigenvalue weighted by Crippen LogP contribution is 2.42. The summed E-state index contributed by atoms with van der Waals surface area (Å²) in [6.07, 6.45) is 6.83. The average molecular weight is 551 g/mol. The third kappa shape index (κ3) is 8.36. The molecule has 0 heterocycles. The zero-order valence-corrected chi connectivity index (χ0v) is 25.1.